The predicted octanol–water partition coefficient (Wildman–Crippen LogP) is 2.35. The summed E-state index contributed by atoms with van der Waals surface area (Å²) in [6.45, 7) is 0. The maximum atomic E-state index is 12.8. The topological polar surface area (TPSA) is 78.8 Å². The number of carboxylic acid groups (broad SMARTS) is 1. The van der Waals surface area contributed by atoms with Gasteiger partial charge in [0.2, 0.25) is 0 Å². The van der Waals surface area contributed by atoms with Crippen LogP contribution in [0.1, 0.15) is 25.6 Å². The highest BCUT2D eigenvalue weighted by Crippen LogP contribution is 2.13. The van der Waals surface area contributed by atoms with Crippen LogP contribution in [0.25, 0.3) is 0 Å². The van der Waals surface area contributed by atoms with Crippen molar-refractivity contribution < 1.29 is 19.1 Å². The van der Waals surface area contributed by atoms with Crippen molar-refractivity contribution in [3.8, 4) is 0 Å². The summed E-state index contributed by atoms with van der Waals surface area (Å²) in [5.74, 6) is -1.64. The summed E-state index contributed by atoms with van der Waals surface area (Å²) in [6.07, 6.45) is 1.23. The smallest absolute Gasteiger partial charge is 0.336 e. The molecule has 5 nitrogen and oxygen atoms in total. The minimum Gasteiger partial charge on any atom is -0.478 e. The fourth-order valence-electron chi connectivity index (χ4n) is 1.46. The molecule has 0 atom stereocenters. The van der Waals surface area contributed by atoms with E-state index >= 15 is 0 Å². The normalized spacial score (nSPS) is 10.7. The number of nitrogens with one attached hydrogen (secondary N) is 1. The van der Waals surface area contributed by atoms with Crippen LogP contribution in [0.2, 0.25) is 0 Å². The number of benzene rings is 1. The Morgan fingerprint density at radius 3 is 2.65 bits per heavy atom. The second-order valence-electron chi connectivity index (χ2n) is 3.70. The molecule has 0 fully saturated rings. The van der Waals surface area contributed by atoms with Gasteiger partial charge in [-0.2, -0.15) is 9.49 Å². The number of amides is 1. The first kappa shape index (κ1) is 13.9. The highest BCUT2D eigenvalue weighted by atomic mass is 32.1. The number of rotatable bonds is 4. The van der Waals surface area contributed by atoms with Crippen LogP contribution in [0.4, 0.5) is 4.39 Å². The molecule has 0 aliphatic carbocycles. The summed E-state index contributed by atoms with van der Waals surface area (Å²) >= 11 is 0.703. The van der Waals surface area contributed by atoms with Crippen molar-refractivity contribution in [3.05, 3.63) is 57.5 Å². The molecule has 2 aromatic rings. The van der Waals surface area contributed by atoms with Crippen LogP contribution >= 0.6 is 11.3 Å². The molecule has 1 aromatic carbocycles. The molecule has 0 spiro atoms. The standard InChI is InChI=1S/C13H9FN2O3S/c14-11-6-5-10(20-11)12(17)16-15-7-8-3-1-2-4-9(8)13(18)19/h1-7H,(H,16,17)(H,18,19). The van der Waals surface area contributed by atoms with Crippen molar-refractivity contribution in [3.63, 3.8) is 0 Å². The van der Waals surface area contributed by atoms with E-state index in [4.69, 9.17) is 5.11 Å². The lowest BCUT2D eigenvalue weighted by Gasteiger charge is -1.99. The van der Waals surface area contributed by atoms with E-state index in [1.165, 1.54) is 24.4 Å². The molecular weight excluding hydrogens is 283 g/mol. The van der Waals surface area contributed by atoms with Crippen molar-refractivity contribution in [1.82, 2.24) is 5.43 Å². The van der Waals surface area contributed by atoms with Crippen LogP contribution < -0.4 is 5.43 Å². The quantitative estimate of drug-likeness (QED) is 0.670. The van der Waals surface area contributed by atoms with Crippen molar-refractivity contribution >= 4 is 29.4 Å². The second kappa shape index (κ2) is 6.07. The molecule has 0 bridgehead atoms. The Labute approximate surface area is 117 Å². The van der Waals surface area contributed by atoms with Gasteiger partial charge in [-0.15, -0.1) is 11.3 Å². The molecule has 1 heterocycles. The summed E-state index contributed by atoms with van der Waals surface area (Å²) in [4.78, 5) is 22.7. The summed E-state index contributed by atoms with van der Waals surface area (Å²) in [5, 5.41) is 12.2. The molecular formula is C13H9FN2O3S. The van der Waals surface area contributed by atoms with E-state index in [9.17, 15) is 14.0 Å². The third-order valence-corrected chi connectivity index (χ3v) is 3.23. The number of carbonyl (C=O) groups is 2. The lowest BCUT2D eigenvalue weighted by atomic mass is 10.1. The maximum Gasteiger partial charge on any atom is 0.336 e. The first-order valence-electron chi connectivity index (χ1n) is 5.49. The highest BCUT2D eigenvalue weighted by molar-refractivity contribution is 7.12. The van der Waals surface area contributed by atoms with Crippen molar-refractivity contribution in [2.75, 3.05) is 0 Å². The molecule has 0 unspecified atom stereocenters. The van der Waals surface area contributed by atoms with Crippen LogP contribution in [-0.4, -0.2) is 23.2 Å². The minimum atomic E-state index is -1.08. The van der Waals surface area contributed by atoms with E-state index in [0.29, 0.717) is 16.9 Å². The fourth-order valence-corrected chi connectivity index (χ4v) is 2.08. The number of hydrazone groups is 1. The summed E-state index contributed by atoms with van der Waals surface area (Å²) in [6, 6.07) is 8.77. The van der Waals surface area contributed by atoms with Gasteiger partial charge in [-0.05, 0) is 18.2 Å². The van der Waals surface area contributed by atoms with E-state index in [1.54, 1.807) is 18.2 Å². The lowest BCUT2D eigenvalue weighted by molar-refractivity contribution is 0.0696. The number of carboxylic acids is 1. The maximum absolute atomic E-state index is 12.8. The second-order valence-corrected chi connectivity index (χ2v) is 4.73. The SMILES string of the molecule is O=C(NN=Cc1ccccc1C(=O)O)c1ccc(F)s1. The Balaban J connectivity index is 2.07. The van der Waals surface area contributed by atoms with E-state index < -0.39 is 17.0 Å². The summed E-state index contributed by atoms with van der Waals surface area (Å²) in [5.41, 5.74) is 2.64. The van der Waals surface area contributed by atoms with Crippen LogP contribution in [-0.2, 0) is 0 Å². The van der Waals surface area contributed by atoms with Gasteiger partial charge in [-0.25, -0.2) is 10.2 Å². The molecule has 1 amide bonds. The van der Waals surface area contributed by atoms with Crippen LogP contribution in [0, 0.1) is 5.13 Å². The van der Waals surface area contributed by atoms with Crippen LogP contribution in [0.3, 0.4) is 0 Å². The van der Waals surface area contributed by atoms with Gasteiger partial charge >= 0.3 is 5.97 Å². The zero-order chi connectivity index (χ0) is 14.5. The van der Waals surface area contributed by atoms with E-state index in [-0.39, 0.29) is 10.4 Å². The van der Waals surface area contributed by atoms with Crippen molar-refractivity contribution in [1.29, 1.82) is 0 Å². The van der Waals surface area contributed by atoms with Gasteiger partial charge in [0, 0.05) is 5.56 Å². The number of hydrogen-bond donors (Lipinski definition) is 2. The highest BCUT2D eigenvalue weighted by Gasteiger charge is 2.09. The Hall–Kier alpha value is -2.54. The van der Waals surface area contributed by atoms with Gasteiger partial charge < -0.3 is 5.11 Å². The lowest BCUT2D eigenvalue weighted by Crippen LogP contribution is -2.16. The Bertz CT molecular complexity index is 682. The van der Waals surface area contributed by atoms with Gasteiger partial charge in [0.05, 0.1) is 16.7 Å². The number of aromatic carboxylic acids is 1. The molecule has 0 radical (unpaired) electrons. The molecule has 1 aromatic heterocycles. The number of nitrogens with zero attached hydrogens (tertiary/aromatic N) is 1. The summed E-state index contributed by atoms with van der Waals surface area (Å²) < 4.78 is 12.8. The van der Waals surface area contributed by atoms with Crippen molar-refractivity contribution in [2.24, 2.45) is 5.10 Å². The summed E-state index contributed by atoms with van der Waals surface area (Å²) in [7, 11) is 0. The molecule has 2 rings (SSSR count). The average Bonchev–Trinajstić information content (AvgIpc) is 2.86. The Kier molecular flexibility index (Phi) is 4.21. The Morgan fingerprint density at radius 1 is 1.25 bits per heavy atom. The van der Waals surface area contributed by atoms with Gasteiger partial charge in [0.1, 0.15) is 0 Å². The number of thiophene rings is 1. The average molecular weight is 292 g/mol. The van der Waals surface area contributed by atoms with Gasteiger partial charge in [-0.3, -0.25) is 4.79 Å². The fraction of sp³-hybridized carbons (Fsp3) is 0. The number of carbonyl (C=O) groups excluding carboxylic acids is 1. The van der Waals surface area contributed by atoms with Gasteiger partial charge in [0.25, 0.3) is 5.91 Å². The molecule has 102 valence electrons. The molecule has 0 saturated carbocycles. The Morgan fingerprint density at radius 2 is 2.00 bits per heavy atom. The minimum absolute atomic E-state index is 0.0765. The largest absolute Gasteiger partial charge is 0.478 e. The number of hydrogen-bond acceptors (Lipinski definition) is 4. The van der Waals surface area contributed by atoms with Crippen molar-refractivity contribution in [2.45, 2.75) is 0 Å². The molecule has 0 aliphatic rings. The van der Waals surface area contributed by atoms with Gasteiger partial charge in [0.15, 0.2) is 5.13 Å². The molecule has 0 aliphatic heterocycles. The predicted molar refractivity (Wildman–Crippen MR) is 72.7 cm³/mol. The third kappa shape index (κ3) is 3.27. The first-order chi connectivity index (χ1) is 9.58. The van der Waals surface area contributed by atoms with Gasteiger partial charge in [-0.1, -0.05) is 18.2 Å². The number of halogens is 1. The van der Waals surface area contributed by atoms with Crippen LogP contribution in [0.5, 0.6) is 0 Å². The monoisotopic (exact) mass is 292 g/mol. The first-order valence-corrected chi connectivity index (χ1v) is 6.30. The van der Waals surface area contributed by atoms with E-state index in [1.807, 2.05) is 0 Å². The molecule has 0 saturated heterocycles. The zero-order valence-electron chi connectivity index (χ0n) is 10.0. The molecule has 2 N–H and O–H groups in total. The molecule has 7 heteroatoms. The zero-order valence-corrected chi connectivity index (χ0v) is 10.9. The van der Waals surface area contributed by atoms with Crippen LogP contribution in [0.15, 0.2) is 41.5 Å². The van der Waals surface area contributed by atoms with E-state index in [2.05, 4.69) is 10.5 Å². The van der Waals surface area contributed by atoms with E-state index in [0.717, 1.165) is 0 Å². The third-order valence-electron chi connectivity index (χ3n) is 2.36. The molecule has 20 heavy (non-hydrogen) atoms.